The summed E-state index contributed by atoms with van der Waals surface area (Å²) < 4.78 is 26.5. The zero-order valence-electron chi connectivity index (χ0n) is 13.9. The molecule has 2 rings (SSSR count). The zero-order chi connectivity index (χ0) is 16.1. The third kappa shape index (κ3) is 2.88. The summed E-state index contributed by atoms with van der Waals surface area (Å²) in [6.45, 7) is 10.8. The Morgan fingerprint density at radius 3 is 2.10 bits per heavy atom. The average Bonchev–Trinajstić information content (AvgIpc) is 2.43. The molecule has 0 saturated heterocycles. The molecule has 3 nitrogen and oxygen atoms in total. The Kier molecular flexibility index (Phi) is 4.00. The highest BCUT2D eigenvalue weighted by atomic mass is 32.2. The van der Waals surface area contributed by atoms with Gasteiger partial charge in [-0.1, -0.05) is 45.9 Å². The normalized spacial score (nSPS) is 21.6. The number of hydrogen-bond donors (Lipinski definition) is 1. The smallest absolute Gasteiger partial charge is 0.218 e. The summed E-state index contributed by atoms with van der Waals surface area (Å²) in [6.07, 6.45) is 2.29. The number of nitrogens with one attached hydrogen (secondary N) is 1. The lowest BCUT2D eigenvalue weighted by molar-refractivity contribution is 0.331. The zero-order valence-corrected chi connectivity index (χ0v) is 14.8. The van der Waals surface area contributed by atoms with E-state index in [1.165, 1.54) is 18.2 Å². The molecule has 0 aliphatic heterocycles. The molecule has 0 fully saturated rings. The largest absolute Gasteiger partial charge is 0.218 e. The van der Waals surface area contributed by atoms with E-state index in [2.05, 4.69) is 44.5 Å². The van der Waals surface area contributed by atoms with Crippen molar-refractivity contribution >= 4 is 10.0 Å². The van der Waals surface area contributed by atoms with E-state index in [1.54, 1.807) is 6.92 Å². The van der Waals surface area contributed by atoms with Crippen molar-refractivity contribution in [2.45, 2.75) is 63.5 Å². The molecule has 0 aromatic heterocycles. The van der Waals surface area contributed by atoms with Gasteiger partial charge in [-0.15, -0.1) is 0 Å². The van der Waals surface area contributed by atoms with Crippen LogP contribution >= 0.6 is 0 Å². The van der Waals surface area contributed by atoms with Gasteiger partial charge < -0.3 is 0 Å². The van der Waals surface area contributed by atoms with Crippen LogP contribution in [0.15, 0.2) is 18.2 Å². The summed E-state index contributed by atoms with van der Waals surface area (Å²) in [5, 5.41) is -0.534. The maximum atomic E-state index is 12.0. The maximum absolute atomic E-state index is 12.0. The van der Waals surface area contributed by atoms with Gasteiger partial charge in [-0.25, -0.2) is 13.1 Å². The van der Waals surface area contributed by atoms with Crippen LogP contribution in [0.5, 0.6) is 0 Å². The van der Waals surface area contributed by atoms with E-state index in [0.29, 0.717) is 0 Å². The average molecular weight is 309 g/mol. The first kappa shape index (κ1) is 16.5. The molecule has 118 valence electrons. The van der Waals surface area contributed by atoms with Crippen LogP contribution in [-0.4, -0.2) is 15.5 Å². The van der Waals surface area contributed by atoms with E-state index >= 15 is 0 Å². The van der Waals surface area contributed by atoms with E-state index < -0.39 is 15.3 Å². The minimum absolute atomic E-state index is 0.101. The molecule has 0 amide bonds. The predicted molar refractivity (Wildman–Crippen MR) is 88.1 cm³/mol. The van der Waals surface area contributed by atoms with Crippen LogP contribution in [-0.2, 0) is 20.9 Å². The Hall–Kier alpha value is -0.870. The predicted octanol–water partition coefficient (Wildman–Crippen LogP) is 3.65. The minimum atomic E-state index is -3.29. The number of fused-ring (bicyclic) bond motifs is 1. The van der Waals surface area contributed by atoms with Crippen molar-refractivity contribution in [2.75, 3.05) is 7.05 Å². The first-order valence-corrected chi connectivity index (χ1v) is 9.13. The lowest BCUT2D eigenvalue weighted by Crippen LogP contribution is -2.34. The fourth-order valence-corrected chi connectivity index (χ4v) is 4.07. The molecule has 1 aliphatic rings. The summed E-state index contributed by atoms with van der Waals surface area (Å²) in [6, 6.07) is 6.21. The van der Waals surface area contributed by atoms with E-state index in [1.807, 2.05) is 6.07 Å². The molecule has 1 atom stereocenters. The first-order chi connectivity index (χ1) is 9.51. The van der Waals surface area contributed by atoms with Crippen LogP contribution in [0.3, 0.4) is 0 Å². The van der Waals surface area contributed by atoms with Gasteiger partial charge in [-0.05, 0) is 54.3 Å². The molecule has 4 heteroatoms. The Morgan fingerprint density at radius 2 is 1.57 bits per heavy atom. The SMILES string of the molecule is CNS(=O)(=O)[C@H](C)c1ccc2c(c1)C(C)(C)CCC2(C)C. The Labute approximate surface area is 129 Å². The third-order valence-electron chi connectivity index (χ3n) is 5.10. The molecule has 0 heterocycles. The lowest BCUT2D eigenvalue weighted by Gasteiger charge is -2.42. The molecule has 1 aromatic carbocycles. The van der Waals surface area contributed by atoms with Crippen LogP contribution in [0.4, 0.5) is 0 Å². The van der Waals surface area contributed by atoms with Gasteiger partial charge in [0.15, 0.2) is 0 Å². The molecule has 1 aliphatic carbocycles. The van der Waals surface area contributed by atoms with Crippen molar-refractivity contribution in [3.8, 4) is 0 Å². The van der Waals surface area contributed by atoms with Crippen LogP contribution in [0.2, 0.25) is 0 Å². The third-order valence-corrected chi connectivity index (χ3v) is 6.87. The van der Waals surface area contributed by atoms with Crippen molar-refractivity contribution < 1.29 is 8.42 Å². The van der Waals surface area contributed by atoms with Gasteiger partial charge in [0.2, 0.25) is 10.0 Å². The standard InChI is InChI=1S/C17H27NO2S/c1-12(21(19,20)18-6)13-7-8-14-15(11-13)17(4,5)10-9-16(14,2)3/h7-8,11-12,18H,9-10H2,1-6H3/t12-/m1/s1. The van der Waals surface area contributed by atoms with Crippen molar-refractivity contribution in [2.24, 2.45) is 0 Å². The van der Waals surface area contributed by atoms with Gasteiger partial charge in [0, 0.05) is 0 Å². The molecule has 21 heavy (non-hydrogen) atoms. The van der Waals surface area contributed by atoms with E-state index in [-0.39, 0.29) is 10.8 Å². The second-order valence-electron chi connectivity index (χ2n) is 7.46. The van der Waals surface area contributed by atoms with E-state index in [0.717, 1.165) is 18.4 Å². The first-order valence-electron chi connectivity index (χ1n) is 7.58. The number of hydrogen-bond acceptors (Lipinski definition) is 2. The van der Waals surface area contributed by atoms with Crippen molar-refractivity contribution in [3.63, 3.8) is 0 Å². The van der Waals surface area contributed by atoms with Gasteiger partial charge in [-0.2, -0.15) is 0 Å². The lowest BCUT2D eigenvalue weighted by atomic mass is 9.63. The topological polar surface area (TPSA) is 46.2 Å². The van der Waals surface area contributed by atoms with Crippen LogP contribution < -0.4 is 4.72 Å². The van der Waals surface area contributed by atoms with Gasteiger partial charge in [-0.3, -0.25) is 0 Å². The van der Waals surface area contributed by atoms with Gasteiger partial charge >= 0.3 is 0 Å². The van der Waals surface area contributed by atoms with Crippen LogP contribution in [0.1, 0.15) is 69.4 Å². The molecular weight excluding hydrogens is 282 g/mol. The molecule has 0 spiro atoms. The Balaban J connectivity index is 2.57. The molecule has 0 unspecified atom stereocenters. The maximum Gasteiger partial charge on any atom is 0.218 e. The van der Waals surface area contributed by atoms with Crippen molar-refractivity contribution in [1.82, 2.24) is 4.72 Å². The van der Waals surface area contributed by atoms with Gasteiger partial charge in [0.05, 0.1) is 5.25 Å². The van der Waals surface area contributed by atoms with Crippen molar-refractivity contribution in [3.05, 3.63) is 34.9 Å². The molecule has 0 bridgehead atoms. The van der Waals surface area contributed by atoms with Gasteiger partial charge in [0.25, 0.3) is 0 Å². The van der Waals surface area contributed by atoms with Crippen molar-refractivity contribution in [1.29, 1.82) is 0 Å². The highest BCUT2D eigenvalue weighted by Crippen LogP contribution is 2.46. The summed E-state index contributed by atoms with van der Waals surface area (Å²) in [7, 11) is -1.82. The Morgan fingerprint density at radius 1 is 1.05 bits per heavy atom. The minimum Gasteiger partial charge on any atom is -0.218 e. The quantitative estimate of drug-likeness (QED) is 0.926. The number of sulfonamides is 1. The fourth-order valence-electron chi connectivity index (χ4n) is 3.22. The van der Waals surface area contributed by atoms with E-state index in [9.17, 15) is 8.42 Å². The van der Waals surface area contributed by atoms with Crippen LogP contribution in [0.25, 0.3) is 0 Å². The summed E-state index contributed by atoms with van der Waals surface area (Å²) in [5.41, 5.74) is 3.79. The van der Waals surface area contributed by atoms with Gasteiger partial charge in [0.1, 0.15) is 0 Å². The fraction of sp³-hybridized carbons (Fsp3) is 0.647. The number of benzene rings is 1. The van der Waals surface area contributed by atoms with E-state index in [4.69, 9.17) is 0 Å². The second kappa shape index (κ2) is 5.10. The highest BCUT2D eigenvalue weighted by Gasteiger charge is 2.37. The Bertz CT molecular complexity index is 645. The molecule has 1 aromatic rings. The highest BCUT2D eigenvalue weighted by molar-refractivity contribution is 7.89. The summed E-state index contributed by atoms with van der Waals surface area (Å²) in [4.78, 5) is 0. The second-order valence-corrected chi connectivity index (χ2v) is 9.67. The van der Waals surface area contributed by atoms with Crippen LogP contribution in [0, 0.1) is 0 Å². The molecule has 1 N–H and O–H groups in total. The monoisotopic (exact) mass is 309 g/mol. The molecule has 0 radical (unpaired) electrons. The summed E-state index contributed by atoms with van der Waals surface area (Å²) >= 11 is 0. The molecule has 0 saturated carbocycles. The molecular formula is C17H27NO2S. The number of rotatable bonds is 3. The summed E-state index contributed by atoms with van der Waals surface area (Å²) in [5.74, 6) is 0.